The van der Waals surface area contributed by atoms with Crippen LogP contribution in [0.15, 0.2) is 30.0 Å². The lowest BCUT2D eigenvalue weighted by Gasteiger charge is -2.36. The van der Waals surface area contributed by atoms with Crippen molar-refractivity contribution in [3.8, 4) is 0 Å². The van der Waals surface area contributed by atoms with Crippen LogP contribution in [0.5, 0.6) is 0 Å². The number of halogens is 2. The molecule has 2 aliphatic rings. The summed E-state index contributed by atoms with van der Waals surface area (Å²) in [6.45, 7) is 1.28. The summed E-state index contributed by atoms with van der Waals surface area (Å²) < 4.78 is 0. The van der Waals surface area contributed by atoms with Gasteiger partial charge in [0, 0.05) is 32.9 Å². The Morgan fingerprint density at radius 1 is 1.25 bits per heavy atom. The first-order valence-corrected chi connectivity index (χ1v) is 8.14. The molecule has 6 nitrogen and oxygen atoms in total. The average molecular weight is 368 g/mol. The smallest absolute Gasteiger partial charge is 0.256 e. The summed E-state index contributed by atoms with van der Waals surface area (Å²) in [6, 6.07) is 4.22. The lowest BCUT2D eigenvalue weighted by atomic mass is 10.0. The number of nitrogens with one attached hydrogen (secondary N) is 1. The largest absolute Gasteiger partial charge is 0.357 e. The molecule has 24 heavy (non-hydrogen) atoms. The van der Waals surface area contributed by atoms with E-state index < -0.39 is 17.7 Å². The lowest BCUT2D eigenvalue weighted by molar-refractivity contribution is -0.144. The van der Waals surface area contributed by atoms with Gasteiger partial charge < -0.3 is 15.1 Å². The molecule has 1 aromatic rings. The Labute approximate surface area is 149 Å². The van der Waals surface area contributed by atoms with Crippen LogP contribution in [0.3, 0.4) is 0 Å². The fourth-order valence-corrected chi connectivity index (χ4v) is 3.21. The average Bonchev–Trinajstić information content (AvgIpc) is 2.90. The van der Waals surface area contributed by atoms with Crippen molar-refractivity contribution in [2.24, 2.45) is 0 Å². The maximum atomic E-state index is 12.7. The highest BCUT2D eigenvalue weighted by Gasteiger charge is 2.45. The molecule has 0 aliphatic carbocycles. The fourth-order valence-electron chi connectivity index (χ4n) is 2.89. The summed E-state index contributed by atoms with van der Waals surface area (Å²) in [5.74, 6) is -1.25. The van der Waals surface area contributed by atoms with Crippen LogP contribution in [0.4, 0.5) is 0 Å². The van der Waals surface area contributed by atoms with Crippen molar-refractivity contribution in [3.63, 3.8) is 0 Å². The number of carbonyl (C=O) groups excluding carboxylic acids is 3. The summed E-state index contributed by atoms with van der Waals surface area (Å²) in [5, 5.41) is 3.28. The molecular weight excluding hydrogens is 353 g/mol. The van der Waals surface area contributed by atoms with Gasteiger partial charge in [-0.05, 0) is 17.7 Å². The number of likely N-dealkylation sites (N-methyl/N-ethyl adjacent to an activating group) is 1. The van der Waals surface area contributed by atoms with E-state index in [1.165, 1.54) is 13.2 Å². The molecule has 126 valence electrons. The molecule has 8 heteroatoms. The van der Waals surface area contributed by atoms with Crippen LogP contribution in [0.25, 0.3) is 0 Å². The van der Waals surface area contributed by atoms with Crippen molar-refractivity contribution in [3.05, 3.63) is 45.6 Å². The minimum Gasteiger partial charge on any atom is -0.357 e. The van der Waals surface area contributed by atoms with Crippen molar-refractivity contribution in [2.45, 2.75) is 12.6 Å². The first-order chi connectivity index (χ1) is 11.4. The standard InChI is InChI=1S/C16H15Cl2N3O3/c1-19-15(23)10-8-20-4-5-21(16(24)13(20)14(10)22)7-9-2-3-11(17)12(18)6-9/h2-3,6,8,13H,4-5,7H2,1H3,(H,19,23). The van der Waals surface area contributed by atoms with Crippen LogP contribution < -0.4 is 5.32 Å². The zero-order chi connectivity index (χ0) is 17.4. The normalized spacial score (nSPS) is 20.1. The number of rotatable bonds is 3. The number of Topliss-reactive ketones (excluding diaryl/α,β-unsaturated/α-hetero) is 1. The van der Waals surface area contributed by atoms with E-state index in [0.29, 0.717) is 29.7 Å². The quantitative estimate of drug-likeness (QED) is 0.644. The molecule has 2 heterocycles. The Kier molecular flexibility index (Phi) is 4.51. The second kappa shape index (κ2) is 6.45. The number of hydrogen-bond donors (Lipinski definition) is 1. The number of carbonyl (C=O) groups is 3. The molecular formula is C16H15Cl2N3O3. The zero-order valence-corrected chi connectivity index (χ0v) is 14.4. The molecule has 0 spiro atoms. The third kappa shape index (κ3) is 2.87. The van der Waals surface area contributed by atoms with Crippen LogP contribution in [0.2, 0.25) is 10.0 Å². The molecule has 1 aromatic carbocycles. The van der Waals surface area contributed by atoms with Gasteiger partial charge in [-0.2, -0.15) is 0 Å². The van der Waals surface area contributed by atoms with Crippen molar-refractivity contribution in [1.29, 1.82) is 0 Å². The van der Waals surface area contributed by atoms with E-state index in [9.17, 15) is 14.4 Å². The molecule has 1 unspecified atom stereocenters. The zero-order valence-electron chi connectivity index (χ0n) is 12.9. The van der Waals surface area contributed by atoms with Crippen LogP contribution in [-0.2, 0) is 20.9 Å². The summed E-state index contributed by atoms with van der Waals surface area (Å²) in [4.78, 5) is 40.0. The topological polar surface area (TPSA) is 69.7 Å². The van der Waals surface area contributed by atoms with Crippen LogP contribution in [0, 0.1) is 0 Å². The highest BCUT2D eigenvalue weighted by atomic mass is 35.5. The molecule has 1 saturated heterocycles. The van der Waals surface area contributed by atoms with E-state index in [1.807, 2.05) is 0 Å². The van der Waals surface area contributed by atoms with E-state index in [0.717, 1.165) is 5.56 Å². The Hall–Kier alpha value is -2.05. The number of nitrogens with zero attached hydrogens (tertiary/aromatic N) is 2. The van der Waals surface area contributed by atoms with Gasteiger partial charge in [-0.1, -0.05) is 29.3 Å². The number of fused-ring (bicyclic) bond motifs is 1. The first kappa shape index (κ1) is 16.8. The van der Waals surface area contributed by atoms with E-state index in [4.69, 9.17) is 23.2 Å². The maximum Gasteiger partial charge on any atom is 0.256 e. The van der Waals surface area contributed by atoms with Crippen LogP contribution >= 0.6 is 23.2 Å². The number of ketones is 1. The predicted molar refractivity (Wildman–Crippen MR) is 89.5 cm³/mol. The molecule has 1 N–H and O–H groups in total. The second-order valence-corrected chi connectivity index (χ2v) is 6.45. The number of benzene rings is 1. The highest BCUT2D eigenvalue weighted by Crippen LogP contribution is 2.26. The minimum atomic E-state index is -0.950. The molecule has 0 radical (unpaired) electrons. The predicted octanol–water partition coefficient (Wildman–Crippen LogP) is 1.22. The third-order valence-electron chi connectivity index (χ3n) is 4.14. The van der Waals surface area contributed by atoms with E-state index in [-0.39, 0.29) is 11.5 Å². The van der Waals surface area contributed by atoms with Gasteiger partial charge in [0.1, 0.15) is 5.57 Å². The van der Waals surface area contributed by atoms with Gasteiger partial charge in [0.15, 0.2) is 6.04 Å². The van der Waals surface area contributed by atoms with Crippen molar-refractivity contribution >= 4 is 40.8 Å². The number of piperazine rings is 1. The van der Waals surface area contributed by atoms with Gasteiger partial charge in [0.05, 0.1) is 10.0 Å². The van der Waals surface area contributed by atoms with E-state index in [2.05, 4.69) is 5.32 Å². The van der Waals surface area contributed by atoms with E-state index in [1.54, 1.807) is 28.0 Å². The maximum absolute atomic E-state index is 12.7. The molecule has 1 fully saturated rings. The Morgan fingerprint density at radius 3 is 2.67 bits per heavy atom. The minimum absolute atomic E-state index is 0.0206. The molecule has 0 aromatic heterocycles. The molecule has 1 atom stereocenters. The second-order valence-electron chi connectivity index (χ2n) is 5.63. The number of amides is 2. The fraction of sp³-hybridized carbons (Fsp3) is 0.312. The van der Waals surface area contributed by atoms with Crippen LogP contribution in [0.1, 0.15) is 5.56 Å². The van der Waals surface area contributed by atoms with Crippen molar-refractivity contribution in [2.75, 3.05) is 20.1 Å². The summed E-state index contributed by atoms with van der Waals surface area (Å²) in [5.41, 5.74) is 0.850. The third-order valence-corrected chi connectivity index (χ3v) is 4.88. The van der Waals surface area contributed by atoms with Crippen LogP contribution in [-0.4, -0.2) is 53.6 Å². The Bertz CT molecular complexity index is 763. The number of hydrogen-bond acceptors (Lipinski definition) is 4. The van der Waals surface area contributed by atoms with Gasteiger partial charge in [0.25, 0.3) is 11.8 Å². The summed E-state index contributed by atoms with van der Waals surface area (Å²) in [6.07, 6.45) is 1.47. The Balaban J connectivity index is 1.77. The molecule has 2 amide bonds. The van der Waals surface area contributed by atoms with Gasteiger partial charge in [0.2, 0.25) is 5.78 Å². The molecule has 0 saturated carbocycles. The van der Waals surface area contributed by atoms with E-state index >= 15 is 0 Å². The molecule has 3 rings (SSSR count). The highest BCUT2D eigenvalue weighted by molar-refractivity contribution is 6.42. The van der Waals surface area contributed by atoms with Gasteiger partial charge >= 0.3 is 0 Å². The summed E-state index contributed by atoms with van der Waals surface area (Å²) in [7, 11) is 1.45. The lowest BCUT2D eigenvalue weighted by Crippen LogP contribution is -2.55. The monoisotopic (exact) mass is 367 g/mol. The Morgan fingerprint density at radius 2 is 2.00 bits per heavy atom. The van der Waals surface area contributed by atoms with Crippen molar-refractivity contribution < 1.29 is 14.4 Å². The molecule has 0 bridgehead atoms. The van der Waals surface area contributed by atoms with Gasteiger partial charge in [-0.3, -0.25) is 14.4 Å². The molecule has 2 aliphatic heterocycles. The summed E-state index contributed by atoms with van der Waals surface area (Å²) >= 11 is 11.9. The first-order valence-electron chi connectivity index (χ1n) is 7.39. The van der Waals surface area contributed by atoms with Gasteiger partial charge in [-0.15, -0.1) is 0 Å². The van der Waals surface area contributed by atoms with Gasteiger partial charge in [-0.25, -0.2) is 0 Å². The van der Waals surface area contributed by atoms with Crippen molar-refractivity contribution in [1.82, 2.24) is 15.1 Å². The SMILES string of the molecule is CNC(=O)C1=CN2CCN(Cc3ccc(Cl)c(Cl)c3)C(=O)C2C1=O.